The fourth-order valence-electron chi connectivity index (χ4n) is 2.31. The number of halogens is 3. The summed E-state index contributed by atoms with van der Waals surface area (Å²) in [7, 11) is 1.37. The monoisotopic (exact) mass is 281 g/mol. The predicted molar refractivity (Wildman–Crippen MR) is 61.4 cm³/mol. The van der Waals surface area contributed by atoms with Gasteiger partial charge in [0.15, 0.2) is 0 Å². The molecule has 0 aliphatic heterocycles. The van der Waals surface area contributed by atoms with E-state index in [9.17, 15) is 22.8 Å². The highest BCUT2D eigenvalue weighted by Gasteiger charge is 2.43. The van der Waals surface area contributed by atoms with Gasteiger partial charge in [-0.05, 0) is 32.6 Å². The Morgan fingerprint density at radius 3 is 2.05 bits per heavy atom. The maximum atomic E-state index is 12.5. The van der Waals surface area contributed by atoms with Crippen LogP contribution in [0.2, 0.25) is 0 Å². The number of carboxylic acids is 1. The van der Waals surface area contributed by atoms with Crippen molar-refractivity contribution in [2.45, 2.75) is 44.8 Å². The molecule has 1 fully saturated rings. The molecule has 19 heavy (non-hydrogen) atoms. The Hall–Kier alpha value is -1.27. The average molecular weight is 281 g/mol. The summed E-state index contributed by atoms with van der Waals surface area (Å²) in [5, 5.41) is 8.81. The van der Waals surface area contributed by atoms with Crippen LogP contribution < -0.4 is 0 Å². The minimum absolute atomic E-state index is 0.0603. The van der Waals surface area contributed by atoms with E-state index in [-0.39, 0.29) is 31.6 Å². The van der Waals surface area contributed by atoms with Gasteiger partial charge in [-0.3, -0.25) is 4.79 Å². The third-order valence-corrected chi connectivity index (χ3v) is 3.83. The summed E-state index contributed by atoms with van der Waals surface area (Å²) in [5.74, 6) is -3.33. The molecule has 1 saturated carbocycles. The third kappa shape index (κ3) is 3.84. The Morgan fingerprint density at radius 2 is 1.68 bits per heavy atom. The van der Waals surface area contributed by atoms with Crippen molar-refractivity contribution in [3.05, 3.63) is 0 Å². The van der Waals surface area contributed by atoms with Gasteiger partial charge in [0.1, 0.15) is 6.04 Å². The summed E-state index contributed by atoms with van der Waals surface area (Å²) in [5.41, 5.74) is 0. The van der Waals surface area contributed by atoms with E-state index < -0.39 is 30.0 Å². The van der Waals surface area contributed by atoms with Crippen LogP contribution in [-0.4, -0.2) is 41.1 Å². The van der Waals surface area contributed by atoms with Crippen LogP contribution in [0.1, 0.15) is 32.6 Å². The van der Waals surface area contributed by atoms with Crippen LogP contribution in [-0.2, 0) is 9.59 Å². The van der Waals surface area contributed by atoms with Crippen LogP contribution >= 0.6 is 0 Å². The van der Waals surface area contributed by atoms with Crippen LogP contribution in [0.4, 0.5) is 13.2 Å². The molecule has 0 aromatic rings. The number of amides is 1. The van der Waals surface area contributed by atoms with Gasteiger partial charge < -0.3 is 10.0 Å². The van der Waals surface area contributed by atoms with Gasteiger partial charge in [-0.15, -0.1) is 0 Å². The lowest BCUT2D eigenvalue weighted by atomic mass is 9.81. The van der Waals surface area contributed by atoms with Gasteiger partial charge in [-0.2, -0.15) is 13.2 Å². The molecule has 1 aliphatic carbocycles. The highest BCUT2D eigenvalue weighted by atomic mass is 19.4. The summed E-state index contributed by atoms with van der Waals surface area (Å²) < 4.78 is 37.5. The van der Waals surface area contributed by atoms with Gasteiger partial charge in [0, 0.05) is 13.0 Å². The summed E-state index contributed by atoms with van der Waals surface area (Å²) in [6.07, 6.45) is -3.99. The van der Waals surface area contributed by atoms with Crippen molar-refractivity contribution in [2.75, 3.05) is 7.05 Å². The molecule has 0 spiro atoms. The van der Waals surface area contributed by atoms with E-state index in [0.29, 0.717) is 0 Å². The number of rotatable bonds is 3. The Labute approximate surface area is 109 Å². The summed E-state index contributed by atoms with van der Waals surface area (Å²) in [6, 6.07) is -0.965. The zero-order valence-corrected chi connectivity index (χ0v) is 10.9. The Morgan fingerprint density at radius 1 is 1.21 bits per heavy atom. The predicted octanol–water partition coefficient (Wildman–Crippen LogP) is 2.29. The normalized spacial score (nSPS) is 25.7. The van der Waals surface area contributed by atoms with E-state index in [0.717, 1.165) is 4.90 Å². The minimum Gasteiger partial charge on any atom is -0.480 e. The van der Waals surface area contributed by atoms with Gasteiger partial charge in [-0.25, -0.2) is 4.79 Å². The first-order chi connectivity index (χ1) is 8.64. The quantitative estimate of drug-likeness (QED) is 0.863. The van der Waals surface area contributed by atoms with Crippen molar-refractivity contribution in [1.29, 1.82) is 0 Å². The van der Waals surface area contributed by atoms with Gasteiger partial charge in [-0.1, -0.05) is 0 Å². The third-order valence-electron chi connectivity index (χ3n) is 3.83. The first-order valence-electron chi connectivity index (χ1n) is 6.20. The largest absolute Gasteiger partial charge is 0.480 e. The lowest BCUT2D eigenvalue weighted by Crippen LogP contribution is -2.44. The number of nitrogens with zero attached hydrogens (tertiary/aromatic N) is 1. The van der Waals surface area contributed by atoms with Crippen LogP contribution in [0, 0.1) is 11.8 Å². The molecule has 0 heterocycles. The summed E-state index contributed by atoms with van der Waals surface area (Å²) in [6.45, 7) is 1.38. The van der Waals surface area contributed by atoms with Crippen molar-refractivity contribution in [3.8, 4) is 0 Å². The topological polar surface area (TPSA) is 57.6 Å². The highest BCUT2D eigenvalue weighted by molar-refractivity contribution is 5.84. The van der Waals surface area contributed by atoms with E-state index >= 15 is 0 Å². The molecule has 0 radical (unpaired) electrons. The van der Waals surface area contributed by atoms with Crippen molar-refractivity contribution in [3.63, 3.8) is 0 Å². The second-order valence-electron chi connectivity index (χ2n) is 5.05. The molecule has 110 valence electrons. The molecule has 7 heteroatoms. The molecule has 1 atom stereocenters. The van der Waals surface area contributed by atoms with E-state index in [1.165, 1.54) is 14.0 Å². The molecule has 1 rings (SSSR count). The van der Waals surface area contributed by atoms with Gasteiger partial charge in [0.25, 0.3) is 0 Å². The zero-order valence-electron chi connectivity index (χ0n) is 10.9. The maximum Gasteiger partial charge on any atom is 0.391 e. The van der Waals surface area contributed by atoms with Crippen LogP contribution in [0.5, 0.6) is 0 Å². The highest BCUT2D eigenvalue weighted by Crippen LogP contribution is 2.39. The zero-order chi connectivity index (χ0) is 14.8. The molecule has 0 saturated heterocycles. The lowest BCUT2D eigenvalue weighted by molar-refractivity contribution is -0.185. The molecule has 1 aliphatic rings. The first-order valence-corrected chi connectivity index (χ1v) is 6.20. The average Bonchev–Trinajstić information content (AvgIpc) is 2.35. The van der Waals surface area contributed by atoms with Gasteiger partial charge >= 0.3 is 12.1 Å². The number of carbonyl (C=O) groups excluding carboxylic acids is 1. The van der Waals surface area contributed by atoms with Gasteiger partial charge in [0.05, 0.1) is 5.92 Å². The molecular formula is C12H18F3NO3. The molecule has 0 aromatic heterocycles. The number of aliphatic carboxylic acids is 1. The lowest BCUT2D eigenvalue weighted by Gasteiger charge is -2.32. The molecule has 1 amide bonds. The number of alkyl halides is 3. The van der Waals surface area contributed by atoms with Crippen LogP contribution in [0.25, 0.3) is 0 Å². The summed E-state index contributed by atoms with van der Waals surface area (Å²) >= 11 is 0. The second-order valence-corrected chi connectivity index (χ2v) is 5.05. The van der Waals surface area contributed by atoms with Crippen LogP contribution in [0.3, 0.4) is 0 Å². The standard InChI is InChI=1S/C12H18F3NO3/c1-7(11(18)19)16(2)10(17)8-3-5-9(6-4-8)12(13,14)15/h7-9H,3-6H2,1-2H3,(H,18,19). The minimum atomic E-state index is -4.20. The van der Waals surface area contributed by atoms with Crippen molar-refractivity contribution < 1.29 is 27.9 Å². The molecule has 0 bridgehead atoms. The van der Waals surface area contributed by atoms with Crippen molar-refractivity contribution >= 4 is 11.9 Å². The molecule has 1 N–H and O–H groups in total. The fourth-order valence-corrected chi connectivity index (χ4v) is 2.31. The van der Waals surface area contributed by atoms with Gasteiger partial charge in [0.2, 0.25) is 5.91 Å². The molecular weight excluding hydrogens is 263 g/mol. The van der Waals surface area contributed by atoms with Crippen molar-refractivity contribution in [2.24, 2.45) is 11.8 Å². The van der Waals surface area contributed by atoms with Crippen LogP contribution in [0.15, 0.2) is 0 Å². The Bertz CT molecular complexity index is 349. The van der Waals surface area contributed by atoms with E-state index in [1.807, 2.05) is 0 Å². The smallest absolute Gasteiger partial charge is 0.391 e. The van der Waals surface area contributed by atoms with Crippen molar-refractivity contribution in [1.82, 2.24) is 4.90 Å². The molecule has 0 aromatic carbocycles. The second kappa shape index (κ2) is 5.79. The number of likely N-dealkylation sites (N-methyl/N-ethyl adjacent to an activating group) is 1. The molecule has 4 nitrogen and oxygen atoms in total. The van der Waals surface area contributed by atoms with E-state index in [2.05, 4.69) is 0 Å². The van der Waals surface area contributed by atoms with E-state index in [1.54, 1.807) is 0 Å². The first kappa shape index (κ1) is 15.8. The maximum absolute atomic E-state index is 12.5. The Kier molecular flexibility index (Phi) is 4.81. The number of carbonyl (C=O) groups is 2. The number of carboxylic acid groups (broad SMARTS) is 1. The fraction of sp³-hybridized carbons (Fsp3) is 0.833. The number of hydrogen-bond donors (Lipinski definition) is 1. The SMILES string of the molecule is CC(C(=O)O)N(C)C(=O)C1CCC(C(F)(F)F)CC1. The molecule has 1 unspecified atom stereocenters. The summed E-state index contributed by atoms with van der Waals surface area (Å²) in [4.78, 5) is 23.8. The Balaban J connectivity index is 2.56. The number of hydrogen-bond acceptors (Lipinski definition) is 2. The van der Waals surface area contributed by atoms with E-state index in [4.69, 9.17) is 5.11 Å².